The van der Waals surface area contributed by atoms with Gasteiger partial charge in [-0.05, 0) is 109 Å². The number of anilines is 1. The van der Waals surface area contributed by atoms with Gasteiger partial charge in [0.1, 0.15) is 11.2 Å². The van der Waals surface area contributed by atoms with Gasteiger partial charge in [0.25, 0.3) is 0 Å². The van der Waals surface area contributed by atoms with E-state index in [9.17, 15) is 9.59 Å². The summed E-state index contributed by atoms with van der Waals surface area (Å²) in [6, 6.07) is 8.45. The predicted octanol–water partition coefficient (Wildman–Crippen LogP) is 6.05. The smallest absolute Gasteiger partial charge is 0.163 e. The van der Waals surface area contributed by atoms with Gasteiger partial charge in [-0.2, -0.15) is 5.26 Å². The van der Waals surface area contributed by atoms with Gasteiger partial charge in [0.15, 0.2) is 5.78 Å². The molecule has 0 aromatic heterocycles. The molecule has 1 aromatic rings. The second-order valence-electron chi connectivity index (χ2n) is 11.1. The van der Waals surface area contributed by atoms with Gasteiger partial charge >= 0.3 is 0 Å². The second kappa shape index (κ2) is 9.04. The van der Waals surface area contributed by atoms with E-state index in [1.165, 1.54) is 11.1 Å². The van der Waals surface area contributed by atoms with Gasteiger partial charge in [-0.3, -0.25) is 9.59 Å². The Hall–Kier alpha value is -2.32. The van der Waals surface area contributed by atoms with Crippen LogP contribution in [0.2, 0.25) is 0 Å². The number of rotatable bonds is 5. The van der Waals surface area contributed by atoms with E-state index < -0.39 is 0 Å². The Kier molecular flexibility index (Phi) is 6.23. The molecule has 5 rings (SSSR count). The molecule has 0 saturated heterocycles. The molecule has 0 radical (unpaired) electrons. The number of allylic oxidation sites excluding steroid dienone is 4. The average Bonchev–Trinajstić information content (AvgIpc) is 3.19. The van der Waals surface area contributed by atoms with Crippen molar-refractivity contribution in [3.8, 4) is 5.40 Å². The molecular formula is C29H34N2O2S. The van der Waals surface area contributed by atoms with Crippen LogP contribution in [0.1, 0.15) is 63.4 Å². The zero-order chi connectivity index (χ0) is 24.0. The van der Waals surface area contributed by atoms with Crippen LogP contribution >= 0.6 is 11.8 Å². The third-order valence-corrected chi connectivity index (χ3v) is 9.88. The van der Waals surface area contributed by atoms with E-state index in [-0.39, 0.29) is 28.8 Å². The van der Waals surface area contributed by atoms with Crippen molar-refractivity contribution in [2.45, 2.75) is 57.8 Å². The van der Waals surface area contributed by atoms with Crippen molar-refractivity contribution in [2.24, 2.45) is 23.2 Å². The fourth-order valence-corrected chi connectivity index (χ4v) is 7.96. The molecule has 5 atom stereocenters. The van der Waals surface area contributed by atoms with Gasteiger partial charge in [-0.1, -0.05) is 24.6 Å². The molecule has 0 spiro atoms. The molecule has 0 N–H and O–H groups in total. The maximum absolute atomic E-state index is 13.1. The Morgan fingerprint density at radius 1 is 1.18 bits per heavy atom. The SMILES string of the molecule is CN(C)c1ccc(C2CC3=C4CC[C@]5(C)[C@@H](C(=O)CSC#N)CC[C@H]5[C@@H]4CCC3=CC2=O)cc1. The lowest BCUT2D eigenvalue weighted by Gasteiger charge is -2.49. The van der Waals surface area contributed by atoms with Gasteiger partial charge in [-0.15, -0.1) is 0 Å². The quantitative estimate of drug-likeness (QED) is 0.486. The first-order valence-electron chi connectivity index (χ1n) is 12.6. The van der Waals surface area contributed by atoms with Gasteiger partial charge in [0.05, 0.1) is 11.7 Å². The highest BCUT2D eigenvalue weighted by Crippen LogP contribution is 2.62. The molecule has 0 aliphatic heterocycles. The fraction of sp³-hybridized carbons (Fsp3) is 0.552. The molecule has 34 heavy (non-hydrogen) atoms. The third kappa shape index (κ3) is 3.85. The van der Waals surface area contributed by atoms with E-state index in [1.54, 1.807) is 5.57 Å². The van der Waals surface area contributed by atoms with E-state index in [0.29, 0.717) is 17.6 Å². The van der Waals surface area contributed by atoms with Crippen LogP contribution in [-0.2, 0) is 9.59 Å². The van der Waals surface area contributed by atoms with Crippen LogP contribution in [0.4, 0.5) is 5.69 Å². The molecule has 4 aliphatic rings. The van der Waals surface area contributed by atoms with Crippen LogP contribution in [0.15, 0.2) is 47.1 Å². The number of carbonyl (C=O) groups is 2. The molecule has 4 aliphatic carbocycles. The van der Waals surface area contributed by atoms with Crippen LogP contribution < -0.4 is 4.90 Å². The van der Waals surface area contributed by atoms with E-state index in [2.05, 4.69) is 41.5 Å². The molecule has 1 unspecified atom stereocenters. The first-order chi connectivity index (χ1) is 16.3. The van der Waals surface area contributed by atoms with Crippen molar-refractivity contribution in [1.29, 1.82) is 5.26 Å². The minimum atomic E-state index is -0.0876. The number of carbonyl (C=O) groups excluding carboxylic acids is 2. The summed E-state index contributed by atoms with van der Waals surface area (Å²) in [6.45, 7) is 2.34. The van der Waals surface area contributed by atoms with Crippen molar-refractivity contribution >= 4 is 29.0 Å². The van der Waals surface area contributed by atoms with Crippen molar-refractivity contribution < 1.29 is 9.59 Å². The van der Waals surface area contributed by atoms with E-state index in [0.717, 1.165) is 68.0 Å². The van der Waals surface area contributed by atoms with Crippen molar-refractivity contribution in [3.05, 3.63) is 52.6 Å². The lowest BCUT2D eigenvalue weighted by atomic mass is 9.55. The largest absolute Gasteiger partial charge is 0.378 e. The molecule has 0 amide bonds. The van der Waals surface area contributed by atoms with Crippen molar-refractivity contribution in [2.75, 3.05) is 24.7 Å². The van der Waals surface area contributed by atoms with Crippen LogP contribution in [-0.4, -0.2) is 31.4 Å². The second-order valence-corrected chi connectivity index (χ2v) is 11.8. The maximum Gasteiger partial charge on any atom is 0.163 e. The molecule has 0 heterocycles. The van der Waals surface area contributed by atoms with Crippen LogP contribution in [0.3, 0.4) is 0 Å². The fourth-order valence-electron chi connectivity index (χ4n) is 7.55. The normalized spacial score (nSPS) is 32.3. The minimum absolute atomic E-state index is 0.0505. The van der Waals surface area contributed by atoms with E-state index >= 15 is 0 Å². The topological polar surface area (TPSA) is 61.2 Å². The molecule has 2 saturated carbocycles. The molecule has 5 heteroatoms. The van der Waals surface area contributed by atoms with Gasteiger partial charge in [0.2, 0.25) is 0 Å². The first-order valence-corrected chi connectivity index (χ1v) is 13.6. The van der Waals surface area contributed by atoms with Gasteiger partial charge in [-0.25, -0.2) is 0 Å². The van der Waals surface area contributed by atoms with E-state index in [4.69, 9.17) is 5.26 Å². The highest BCUT2D eigenvalue weighted by atomic mass is 32.2. The third-order valence-electron chi connectivity index (χ3n) is 9.32. The molecule has 4 nitrogen and oxygen atoms in total. The molecular weight excluding hydrogens is 440 g/mol. The van der Waals surface area contributed by atoms with Crippen molar-refractivity contribution in [1.82, 2.24) is 0 Å². The molecule has 2 fully saturated rings. The highest BCUT2D eigenvalue weighted by Gasteiger charge is 2.55. The number of benzene rings is 1. The molecule has 0 bridgehead atoms. The Morgan fingerprint density at radius 2 is 1.94 bits per heavy atom. The number of nitrogens with zero attached hydrogens (tertiary/aromatic N) is 2. The van der Waals surface area contributed by atoms with Gasteiger partial charge in [0, 0.05) is 25.7 Å². The number of Topliss-reactive ketones (excluding diaryl/α,β-unsaturated/α-hetero) is 1. The summed E-state index contributed by atoms with van der Waals surface area (Å²) in [6.07, 6.45) is 9.02. The Bertz CT molecular complexity index is 1110. The summed E-state index contributed by atoms with van der Waals surface area (Å²) < 4.78 is 0. The lowest BCUT2D eigenvalue weighted by molar-refractivity contribution is -0.124. The Morgan fingerprint density at radius 3 is 2.65 bits per heavy atom. The lowest BCUT2D eigenvalue weighted by Crippen LogP contribution is -2.42. The number of thiocyanates is 1. The molecule has 178 valence electrons. The van der Waals surface area contributed by atoms with Crippen LogP contribution in [0.5, 0.6) is 0 Å². The average molecular weight is 475 g/mol. The first kappa shape index (κ1) is 23.4. The monoisotopic (exact) mass is 474 g/mol. The van der Waals surface area contributed by atoms with E-state index in [1.807, 2.05) is 20.2 Å². The summed E-state index contributed by atoms with van der Waals surface area (Å²) >= 11 is 1.08. The Balaban J connectivity index is 1.42. The zero-order valence-corrected chi connectivity index (χ0v) is 21.3. The number of ketones is 2. The Labute approximate surface area is 207 Å². The van der Waals surface area contributed by atoms with Gasteiger partial charge < -0.3 is 4.90 Å². The summed E-state index contributed by atoms with van der Waals surface area (Å²) in [7, 11) is 4.07. The number of nitriles is 1. The van der Waals surface area contributed by atoms with Crippen molar-refractivity contribution in [3.63, 3.8) is 0 Å². The number of fused-ring (bicyclic) bond motifs is 4. The summed E-state index contributed by atoms with van der Waals surface area (Å²) in [5, 5.41) is 11.0. The zero-order valence-electron chi connectivity index (χ0n) is 20.5. The number of hydrogen-bond donors (Lipinski definition) is 0. The van der Waals surface area contributed by atoms with Crippen LogP contribution in [0.25, 0.3) is 0 Å². The predicted molar refractivity (Wildman–Crippen MR) is 138 cm³/mol. The standard InChI is InChI=1S/C29H34N2O2S/c1-29-13-12-21-22(25(29)10-11-26(29)28(33)16-34-17-30)9-6-19-14-27(32)24(15-23(19)21)18-4-7-20(8-5-18)31(2)3/h4-5,7-8,14,22,24-26H,6,9-13,15-16H2,1-3H3/t22-,24?,25+,26-,29+/m1/s1. The number of hydrogen-bond acceptors (Lipinski definition) is 5. The number of thioether (sulfide) groups is 1. The minimum Gasteiger partial charge on any atom is -0.378 e. The van der Waals surface area contributed by atoms with Crippen LogP contribution in [0, 0.1) is 33.8 Å². The summed E-state index contributed by atoms with van der Waals surface area (Å²) in [5.41, 5.74) is 6.62. The summed E-state index contributed by atoms with van der Waals surface area (Å²) in [4.78, 5) is 28.1. The maximum atomic E-state index is 13.1. The molecule has 1 aromatic carbocycles. The summed E-state index contributed by atoms with van der Waals surface area (Å²) in [5.74, 6) is 1.93. The highest BCUT2D eigenvalue weighted by molar-refractivity contribution is 8.04.